The molecule has 1 amide bonds. The molecule has 4 aromatic rings. The molecule has 2 aliphatic heterocycles. The number of anilines is 1. The fraction of sp³-hybridized carbons (Fsp3) is 0.344. The largest absolute Gasteiger partial charge is 0.496 e. The quantitative estimate of drug-likeness (QED) is 0.306. The predicted molar refractivity (Wildman–Crippen MR) is 152 cm³/mol. The van der Waals surface area contributed by atoms with Crippen LogP contribution < -0.4 is 10.1 Å². The minimum atomic E-state index is -0.124. The fourth-order valence-corrected chi connectivity index (χ4v) is 6.34. The Bertz CT molecular complexity index is 1500. The number of rotatable bonds is 6. The smallest absolute Gasteiger partial charge is 0.255 e. The number of carbonyl (C=O) groups is 1. The van der Waals surface area contributed by atoms with E-state index < -0.39 is 0 Å². The molecule has 1 N–H and O–H groups in total. The summed E-state index contributed by atoms with van der Waals surface area (Å²) in [5.41, 5.74) is 6.77. The first-order chi connectivity index (χ1) is 18.9. The van der Waals surface area contributed by atoms with Crippen LogP contribution >= 0.6 is 0 Å². The summed E-state index contributed by atoms with van der Waals surface area (Å²) in [6.07, 6.45) is 4.82. The van der Waals surface area contributed by atoms with Crippen molar-refractivity contribution in [2.24, 2.45) is 0 Å². The van der Waals surface area contributed by atoms with E-state index in [0.29, 0.717) is 35.3 Å². The number of piperidine rings is 1. The van der Waals surface area contributed by atoms with E-state index in [1.165, 1.54) is 18.4 Å². The van der Waals surface area contributed by atoms with Gasteiger partial charge in [-0.25, -0.2) is 0 Å². The number of hydrogen-bond acceptors (Lipinski definition) is 6. The molecular formula is C32H34N4O3. The Morgan fingerprint density at radius 1 is 0.974 bits per heavy atom. The fourth-order valence-electron chi connectivity index (χ4n) is 6.34. The molecule has 2 unspecified atom stereocenters. The third kappa shape index (κ3) is 4.94. The molecule has 2 bridgehead atoms. The number of aromatic nitrogens is 2. The van der Waals surface area contributed by atoms with Gasteiger partial charge < -0.3 is 19.5 Å². The Kier molecular flexibility index (Phi) is 6.69. The van der Waals surface area contributed by atoms with Crippen LogP contribution in [0.3, 0.4) is 0 Å². The van der Waals surface area contributed by atoms with Gasteiger partial charge in [0.2, 0.25) is 11.7 Å². The van der Waals surface area contributed by atoms with Crippen molar-refractivity contribution >= 4 is 11.6 Å². The highest BCUT2D eigenvalue weighted by atomic mass is 16.5. The van der Waals surface area contributed by atoms with Crippen molar-refractivity contribution in [1.82, 2.24) is 15.0 Å². The van der Waals surface area contributed by atoms with Crippen molar-refractivity contribution in [3.63, 3.8) is 0 Å². The number of fused-ring (bicyclic) bond motifs is 2. The van der Waals surface area contributed by atoms with E-state index in [1.54, 1.807) is 14.0 Å². The predicted octanol–water partition coefficient (Wildman–Crippen LogP) is 6.62. The van der Waals surface area contributed by atoms with Crippen LogP contribution in [-0.4, -0.2) is 47.2 Å². The van der Waals surface area contributed by atoms with Crippen LogP contribution in [0.4, 0.5) is 5.69 Å². The first-order valence-corrected chi connectivity index (χ1v) is 13.6. The van der Waals surface area contributed by atoms with E-state index in [0.717, 1.165) is 46.5 Å². The van der Waals surface area contributed by atoms with E-state index in [9.17, 15) is 4.79 Å². The lowest BCUT2D eigenvalue weighted by Gasteiger charge is -2.37. The van der Waals surface area contributed by atoms with Crippen LogP contribution in [0.15, 0.2) is 65.2 Å². The Labute approximate surface area is 229 Å². The number of ether oxygens (including phenoxy) is 1. The number of methoxy groups -OCH3 is 1. The lowest BCUT2D eigenvalue weighted by Crippen LogP contribution is -2.39. The van der Waals surface area contributed by atoms with Crippen molar-refractivity contribution in [3.05, 3.63) is 83.2 Å². The standard InChI is InChI=1S/C32H34N4O3/c1-19-15-23(31-33-20(2)39-35-31)9-13-28(19)21-5-7-22(8-6-21)32(37)34-25-10-14-30(38-4)29(18-25)24-16-26-11-12-27(17-24)36(26)3/h5-10,13-15,18,24,26-27H,11-12,16-17H2,1-4H3,(H,34,37). The maximum atomic E-state index is 13.2. The normalized spacial score (nSPS) is 20.7. The van der Waals surface area contributed by atoms with Crippen molar-refractivity contribution < 1.29 is 14.1 Å². The van der Waals surface area contributed by atoms with Gasteiger partial charge in [0.05, 0.1) is 7.11 Å². The molecule has 3 heterocycles. The summed E-state index contributed by atoms with van der Waals surface area (Å²) in [6, 6.07) is 21.1. The molecule has 6 rings (SSSR count). The topological polar surface area (TPSA) is 80.5 Å². The van der Waals surface area contributed by atoms with Crippen molar-refractivity contribution in [2.75, 3.05) is 19.5 Å². The van der Waals surface area contributed by atoms with Gasteiger partial charge in [-0.2, -0.15) is 4.98 Å². The van der Waals surface area contributed by atoms with Crippen molar-refractivity contribution in [1.29, 1.82) is 0 Å². The molecule has 39 heavy (non-hydrogen) atoms. The maximum absolute atomic E-state index is 13.2. The third-order valence-electron chi connectivity index (χ3n) is 8.50. The lowest BCUT2D eigenvalue weighted by molar-refractivity contribution is 0.102. The van der Waals surface area contributed by atoms with Gasteiger partial charge in [-0.15, -0.1) is 0 Å². The molecule has 0 spiro atoms. The monoisotopic (exact) mass is 522 g/mol. The second-order valence-electron chi connectivity index (χ2n) is 10.9. The number of nitrogens with zero attached hydrogens (tertiary/aromatic N) is 3. The Morgan fingerprint density at radius 2 is 1.69 bits per heavy atom. The van der Waals surface area contributed by atoms with Gasteiger partial charge in [0.15, 0.2) is 0 Å². The maximum Gasteiger partial charge on any atom is 0.255 e. The molecule has 0 aliphatic carbocycles. The van der Waals surface area contributed by atoms with Gasteiger partial charge in [0.25, 0.3) is 5.91 Å². The highest BCUT2D eigenvalue weighted by Crippen LogP contribution is 2.45. The number of carbonyl (C=O) groups excluding carboxylic acids is 1. The molecule has 0 radical (unpaired) electrons. The average Bonchev–Trinajstić information content (AvgIpc) is 3.45. The van der Waals surface area contributed by atoms with Crippen LogP contribution in [0.5, 0.6) is 5.75 Å². The molecule has 2 saturated heterocycles. The van der Waals surface area contributed by atoms with E-state index in [-0.39, 0.29) is 5.91 Å². The summed E-state index contributed by atoms with van der Waals surface area (Å²) in [4.78, 5) is 20.0. The zero-order valence-corrected chi connectivity index (χ0v) is 22.9. The molecule has 200 valence electrons. The van der Waals surface area contributed by atoms with Crippen molar-refractivity contribution in [2.45, 2.75) is 57.5 Å². The Morgan fingerprint density at radius 3 is 2.33 bits per heavy atom. The van der Waals surface area contributed by atoms with E-state index in [4.69, 9.17) is 9.26 Å². The van der Waals surface area contributed by atoms with Crippen LogP contribution in [0.2, 0.25) is 0 Å². The Balaban J connectivity index is 1.17. The van der Waals surface area contributed by atoms with E-state index in [1.807, 2.05) is 42.5 Å². The number of nitrogens with one attached hydrogen (secondary N) is 1. The van der Waals surface area contributed by atoms with Gasteiger partial charge in [0, 0.05) is 35.8 Å². The molecule has 2 fully saturated rings. The summed E-state index contributed by atoms with van der Waals surface area (Å²) in [7, 11) is 3.98. The van der Waals surface area contributed by atoms with Crippen LogP contribution in [0.25, 0.3) is 22.5 Å². The first-order valence-electron chi connectivity index (χ1n) is 13.6. The Hall–Kier alpha value is -3.97. The summed E-state index contributed by atoms with van der Waals surface area (Å²) in [5, 5.41) is 7.12. The van der Waals surface area contributed by atoms with Crippen molar-refractivity contribution in [3.8, 4) is 28.3 Å². The summed E-state index contributed by atoms with van der Waals surface area (Å²) in [5.74, 6) is 2.35. The minimum Gasteiger partial charge on any atom is -0.496 e. The number of aryl methyl sites for hydroxylation is 2. The van der Waals surface area contributed by atoms with E-state index in [2.05, 4.69) is 52.5 Å². The van der Waals surface area contributed by atoms with E-state index >= 15 is 0 Å². The molecule has 7 nitrogen and oxygen atoms in total. The molecule has 7 heteroatoms. The third-order valence-corrected chi connectivity index (χ3v) is 8.50. The van der Waals surface area contributed by atoms with Gasteiger partial charge in [0.1, 0.15) is 5.75 Å². The van der Waals surface area contributed by atoms with Gasteiger partial charge in [-0.1, -0.05) is 29.4 Å². The van der Waals surface area contributed by atoms with Gasteiger partial charge in [-0.3, -0.25) is 4.79 Å². The summed E-state index contributed by atoms with van der Waals surface area (Å²) >= 11 is 0. The second-order valence-corrected chi connectivity index (χ2v) is 10.9. The number of hydrogen-bond donors (Lipinski definition) is 1. The molecular weight excluding hydrogens is 488 g/mol. The van der Waals surface area contributed by atoms with Crippen LogP contribution in [0.1, 0.15) is 59.0 Å². The second kappa shape index (κ2) is 10.3. The molecule has 2 atom stereocenters. The SMILES string of the molecule is COc1ccc(NC(=O)c2ccc(-c3ccc(-c4noc(C)n4)cc3C)cc2)cc1C1CC2CCC(C1)N2C. The zero-order valence-electron chi connectivity index (χ0n) is 22.9. The van der Waals surface area contributed by atoms with Gasteiger partial charge >= 0.3 is 0 Å². The highest BCUT2D eigenvalue weighted by molar-refractivity contribution is 6.04. The molecule has 3 aromatic carbocycles. The number of benzene rings is 3. The zero-order chi connectivity index (χ0) is 27.1. The van der Waals surface area contributed by atoms with Gasteiger partial charge in [-0.05, 0) is 104 Å². The number of amides is 1. The lowest BCUT2D eigenvalue weighted by atomic mass is 9.84. The first kappa shape index (κ1) is 25.3. The minimum absolute atomic E-state index is 0.124. The molecule has 1 aromatic heterocycles. The summed E-state index contributed by atoms with van der Waals surface area (Å²) in [6.45, 7) is 3.84. The molecule has 0 saturated carbocycles. The molecule has 2 aliphatic rings. The van der Waals surface area contributed by atoms with Crippen LogP contribution in [-0.2, 0) is 0 Å². The highest BCUT2D eigenvalue weighted by Gasteiger charge is 2.39. The average molecular weight is 523 g/mol. The van der Waals surface area contributed by atoms with Crippen LogP contribution in [0, 0.1) is 13.8 Å². The summed E-state index contributed by atoms with van der Waals surface area (Å²) < 4.78 is 10.8.